The Bertz CT molecular complexity index is 453. The van der Waals surface area contributed by atoms with Gasteiger partial charge in [0.25, 0.3) is 5.91 Å². The zero-order valence-corrected chi connectivity index (χ0v) is 14.2. The first-order valence-corrected chi connectivity index (χ1v) is 9.52. The summed E-state index contributed by atoms with van der Waals surface area (Å²) in [5.41, 5.74) is 1.43. The summed E-state index contributed by atoms with van der Waals surface area (Å²) in [4.78, 5) is 15.4. The molecule has 3 rings (SSSR count). The van der Waals surface area contributed by atoms with E-state index in [1.54, 1.807) is 11.3 Å². The molecule has 1 aromatic rings. The second-order valence-corrected chi connectivity index (χ2v) is 8.47. The van der Waals surface area contributed by atoms with Gasteiger partial charge in [-0.1, -0.05) is 22.4 Å². The van der Waals surface area contributed by atoms with Gasteiger partial charge in [-0.2, -0.15) is 0 Å². The molecule has 0 spiro atoms. The number of amides is 1. The minimum atomic E-state index is 0.154. The number of thiophene rings is 1. The Balaban J connectivity index is 1.62. The molecule has 0 unspecified atom stereocenters. The van der Waals surface area contributed by atoms with Crippen molar-refractivity contribution in [2.45, 2.75) is 68.7 Å². The molecular weight excluding hydrogens is 334 g/mol. The van der Waals surface area contributed by atoms with Crippen molar-refractivity contribution in [3.05, 3.63) is 21.4 Å². The molecule has 0 saturated heterocycles. The van der Waals surface area contributed by atoms with Crippen LogP contribution < -0.4 is 5.32 Å². The van der Waals surface area contributed by atoms with Crippen LogP contribution in [0.2, 0.25) is 0 Å². The molecule has 1 aromatic heterocycles. The van der Waals surface area contributed by atoms with Gasteiger partial charge in [0.2, 0.25) is 0 Å². The van der Waals surface area contributed by atoms with E-state index in [0.717, 1.165) is 24.1 Å². The molecule has 0 radical (unpaired) electrons. The number of aryl methyl sites for hydroxylation is 2. The van der Waals surface area contributed by atoms with E-state index in [0.29, 0.717) is 10.9 Å². The third-order valence-electron chi connectivity index (χ3n) is 4.46. The second-order valence-electron chi connectivity index (χ2n) is 6.04. The molecule has 4 heteroatoms. The number of alkyl halides is 1. The SMILES string of the molecule is O=C(NC1CCC(Br)CC1)c1cc2c(s1)CCCCC2. The first-order valence-electron chi connectivity index (χ1n) is 7.79. The molecular formula is C16H22BrNOS. The highest BCUT2D eigenvalue weighted by atomic mass is 79.9. The fourth-order valence-corrected chi connectivity index (χ4v) is 4.92. The zero-order chi connectivity index (χ0) is 13.9. The van der Waals surface area contributed by atoms with Crippen molar-refractivity contribution < 1.29 is 4.79 Å². The van der Waals surface area contributed by atoms with Crippen LogP contribution in [0.4, 0.5) is 0 Å². The largest absolute Gasteiger partial charge is 0.349 e. The Morgan fingerprint density at radius 2 is 1.90 bits per heavy atom. The van der Waals surface area contributed by atoms with Gasteiger partial charge in [-0.05, 0) is 63.0 Å². The molecule has 1 saturated carbocycles. The van der Waals surface area contributed by atoms with Crippen LogP contribution in [0.1, 0.15) is 65.1 Å². The lowest BCUT2D eigenvalue weighted by Gasteiger charge is -2.25. The molecule has 0 bridgehead atoms. The average molecular weight is 356 g/mol. The maximum absolute atomic E-state index is 12.4. The van der Waals surface area contributed by atoms with Gasteiger partial charge in [-0.3, -0.25) is 4.79 Å². The number of hydrogen-bond acceptors (Lipinski definition) is 2. The number of nitrogens with one attached hydrogen (secondary N) is 1. The molecule has 2 aliphatic carbocycles. The highest BCUT2D eigenvalue weighted by molar-refractivity contribution is 9.09. The highest BCUT2D eigenvalue weighted by Crippen LogP contribution is 2.29. The monoisotopic (exact) mass is 355 g/mol. The maximum Gasteiger partial charge on any atom is 0.261 e. The molecule has 2 nitrogen and oxygen atoms in total. The Kier molecular flexibility index (Phi) is 4.82. The van der Waals surface area contributed by atoms with E-state index in [-0.39, 0.29) is 5.91 Å². The van der Waals surface area contributed by atoms with Crippen LogP contribution in [0.25, 0.3) is 0 Å². The van der Waals surface area contributed by atoms with Crippen LogP contribution in [0.15, 0.2) is 6.07 Å². The Morgan fingerprint density at radius 3 is 2.70 bits per heavy atom. The van der Waals surface area contributed by atoms with Gasteiger partial charge >= 0.3 is 0 Å². The van der Waals surface area contributed by atoms with E-state index in [1.165, 1.54) is 49.0 Å². The number of rotatable bonds is 2. The Morgan fingerprint density at radius 1 is 1.15 bits per heavy atom. The summed E-state index contributed by atoms with van der Waals surface area (Å²) in [5, 5.41) is 3.23. The zero-order valence-electron chi connectivity index (χ0n) is 11.8. The molecule has 1 N–H and O–H groups in total. The lowest BCUT2D eigenvalue weighted by Crippen LogP contribution is -2.37. The highest BCUT2D eigenvalue weighted by Gasteiger charge is 2.22. The van der Waals surface area contributed by atoms with E-state index >= 15 is 0 Å². The van der Waals surface area contributed by atoms with Crippen molar-refractivity contribution in [2.75, 3.05) is 0 Å². The summed E-state index contributed by atoms with van der Waals surface area (Å²) < 4.78 is 0. The number of hydrogen-bond donors (Lipinski definition) is 1. The van der Waals surface area contributed by atoms with Crippen LogP contribution in [0, 0.1) is 0 Å². The fraction of sp³-hybridized carbons (Fsp3) is 0.688. The van der Waals surface area contributed by atoms with Gasteiger partial charge in [0.05, 0.1) is 4.88 Å². The van der Waals surface area contributed by atoms with Crippen LogP contribution in [-0.2, 0) is 12.8 Å². The van der Waals surface area contributed by atoms with Crippen LogP contribution >= 0.6 is 27.3 Å². The predicted molar refractivity (Wildman–Crippen MR) is 88.0 cm³/mol. The number of carbonyl (C=O) groups excluding carboxylic acids is 1. The summed E-state index contributed by atoms with van der Waals surface area (Å²) >= 11 is 5.39. The van der Waals surface area contributed by atoms with Gasteiger partial charge in [0.1, 0.15) is 0 Å². The van der Waals surface area contributed by atoms with Crippen LogP contribution in [0.3, 0.4) is 0 Å². The first kappa shape index (κ1) is 14.6. The fourth-order valence-electron chi connectivity index (χ4n) is 3.23. The van der Waals surface area contributed by atoms with Crippen molar-refractivity contribution in [1.82, 2.24) is 5.32 Å². The topological polar surface area (TPSA) is 29.1 Å². The lowest BCUT2D eigenvalue weighted by molar-refractivity contribution is 0.0932. The lowest BCUT2D eigenvalue weighted by atomic mass is 9.95. The van der Waals surface area contributed by atoms with Crippen molar-refractivity contribution in [2.24, 2.45) is 0 Å². The van der Waals surface area contributed by atoms with Crippen molar-refractivity contribution in [1.29, 1.82) is 0 Å². The molecule has 1 fully saturated rings. The number of carbonyl (C=O) groups is 1. The molecule has 20 heavy (non-hydrogen) atoms. The molecule has 2 aliphatic rings. The standard InChI is InChI=1S/C16H22BrNOS/c17-12-6-8-13(9-7-12)18-16(19)15-10-11-4-2-1-3-5-14(11)20-15/h10,12-13H,1-9H2,(H,18,19). The summed E-state index contributed by atoms with van der Waals surface area (Å²) in [5.74, 6) is 0.154. The Labute approximate surface area is 133 Å². The minimum absolute atomic E-state index is 0.154. The smallest absolute Gasteiger partial charge is 0.261 e. The number of fused-ring (bicyclic) bond motifs is 1. The normalized spacial score (nSPS) is 26.6. The van der Waals surface area contributed by atoms with Gasteiger partial charge < -0.3 is 5.32 Å². The average Bonchev–Trinajstić information content (AvgIpc) is 2.73. The summed E-state index contributed by atoms with van der Waals surface area (Å²) in [6, 6.07) is 2.52. The summed E-state index contributed by atoms with van der Waals surface area (Å²) in [6.45, 7) is 0. The molecule has 110 valence electrons. The van der Waals surface area contributed by atoms with Crippen molar-refractivity contribution in [3.8, 4) is 0 Å². The number of halogens is 1. The van der Waals surface area contributed by atoms with E-state index < -0.39 is 0 Å². The van der Waals surface area contributed by atoms with E-state index in [4.69, 9.17) is 0 Å². The molecule has 0 aromatic carbocycles. The summed E-state index contributed by atoms with van der Waals surface area (Å²) in [6.07, 6.45) is 10.8. The van der Waals surface area contributed by atoms with Gasteiger partial charge in [0.15, 0.2) is 0 Å². The predicted octanol–water partition coefficient (Wildman–Crippen LogP) is 4.45. The quantitative estimate of drug-likeness (QED) is 0.616. The third-order valence-corrected chi connectivity index (χ3v) is 6.61. The summed E-state index contributed by atoms with van der Waals surface area (Å²) in [7, 11) is 0. The van der Waals surface area contributed by atoms with Crippen molar-refractivity contribution >= 4 is 33.2 Å². The van der Waals surface area contributed by atoms with Gasteiger partial charge in [0, 0.05) is 15.7 Å². The molecule has 0 aliphatic heterocycles. The molecule has 1 amide bonds. The maximum atomic E-state index is 12.4. The van der Waals surface area contributed by atoms with E-state index in [9.17, 15) is 4.79 Å². The minimum Gasteiger partial charge on any atom is -0.349 e. The van der Waals surface area contributed by atoms with E-state index in [2.05, 4.69) is 27.3 Å². The van der Waals surface area contributed by atoms with Crippen molar-refractivity contribution in [3.63, 3.8) is 0 Å². The molecule has 1 heterocycles. The first-order chi connectivity index (χ1) is 9.72. The van der Waals surface area contributed by atoms with Gasteiger partial charge in [-0.15, -0.1) is 11.3 Å². The molecule has 0 atom stereocenters. The third kappa shape index (κ3) is 3.45. The van der Waals surface area contributed by atoms with Gasteiger partial charge in [-0.25, -0.2) is 0 Å². The Hall–Kier alpha value is -0.350. The van der Waals surface area contributed by atoms with E-state index in [1.807, 2.05) is 0 Å². The van der Waals surface area contributed by atoms with Crippen LogP contribution in [0.5, 0.6) is 0 Å². The second kappa shape index (κ2) is 6.61. The van der Waals surface area contributed by atoms with Crippen LogP contribution in [-0.4, -0.2) is 16.8 Å².